The molecule has 2 aromatic rings. The molecule has 0 bridgehead atoms. The van der Waals surface area contributed by atoms with Gasteiger partial charge in [-0.05, 0) is 31.0 Å². The molecule has 1 amide bonds. The van der Waals surface area contributed by atoms with Crippen LogP contribution in [0.2, 0.25) is 0 Å². The largest absolute Gasteiger partial charge is 0.497 e. The van der Waals surface area contributed by atoms with Gasteiger partial charge in [0, 0.05) is 29.3 Å². The van der Waals surface area contributed by atoms with Crippen LogP contribution < -0.4 is 20.6 Å². The summed E-state index contributed by atoms with van der Waals surface area (Å²) in [6.07, 6.45) is 2.83. The van der Waals surface area contributed by atoms with Gasteiger partial charge in [-0.3, -0.25) is 15.0 Å². The van der Waals surface area contributed by atoms with E-state index in [1.54, 1.807) is 31.4 Å². The van der Waals surface area contributed by atoms with E-state index in [0.29, 0.717) is 47.6 Å². The van der Waals surface area contributed by atoms with Crippen molar-refractivity contribution in [3.8, 4) is 17.6 Å². The lowest BCUT2D eigenvalue weighted by atomic mass is 9.75. The lowest BCUT2D eigenvalue weighted by Gasteiger charge is -2.39. The van der Waals surface area contributed by atoms with Gasteiger partial charge in [0.25, 0.3) is 0 Å². The summed E-state index contributed by atoms with van der Waals surface area (Å²) in [6.45, 7) is 0. The Kier molecular flexibility index (Phi) is 5.60. The number of nitrogens with zero attached hydrogens (tertiary/aromatic N) is 2. The zero-order chi connectivity index (χ0) is 22.8. The van der Waals surface area contributed by atoms with Crippen LogP contribution in [0, 0.1) is 11.3 Å². The molecule has 9 nitrogen and oxygen atoms in total. The molecule has 9 heteroatoms. The number of Topliss-reactive ketones (excluding diaryl/α,β-unsaturated/α-hetero) is 1. The van der Waals surface area contributed by atoms with Crippen LogP contribution in [0.4, 0.5) is 0 Å². The molecule has 164 valence electrons. The van der Waals surface area contributed by atoms with Gasteiger partial charge < -0.3 is 19.6 Å². The van der Waals surface area contributed by atoms with Crippen molar-refractivity contribution in [2.24, 2.45) is 5.73 Å². The number of furan rings is 1. The number of nitrogens with two attached hydrogens (primary N) is 1. The highest BCUT2D eigenvalue weighted by molar-refractivity contribution is 6.00. The molecule has 1 aliphatic heterocycles. The third-order valence-corrected chi connectivity index (χ3v) is 5.62. The maximum Gasteiger partial charge on any atom is 0.305 e. The lowest BCUT2D eigenvalue weighted by molar-refractivity contribution is -0.116. The number of ether oxygens (including phenoxy) is 2. The second kappa shape index (κ2) is 8.51. The zero-order valence-corrected chi connectivity index (χ0v) is 17.7. The molecule has 2 heterocycles. The first-order valence-corrected chi connectivity index (χ1v) is 10.0. The maximum atomic E-state index is 13.1. The number of hydrogen-bond acceptors (Lipinski definition) is 8. The van der Waals surface area contributed by atoms with E-state index in [2.05, 4.69) is 11.5 Å². The fraction of sp³-hybridized carbons (Fsp3) is 0.261. The van der Waals surface area contributed by atoms with E-state index in [-0.39, 0.29) is 22.9 Å². The average molecular weight is 434 g/mol. The van der Waals surface area contributed by atoms with E-state index < -0.39 is 11.8 Å². The number of benzene rings is 1. The normalized spacial score (nSPS) is 18.2. The van der Waals surface area contributed by atoms with Crippen LogP contribution >= 0.6 is 0 Å². The number of carbonyl (C=O) groups excluding carboxylic acids is 2. The fourth-order valence-electron chi connectivity index (χ4n) is 4.15. The molecule has 32 heavy (non-hydrogen) atoms. The van der Waals surface area contributed by atoms with Crippen molar-refractivity contribution < 1.29 is 23.5 Å². The molecule has 3 N–H and O–H groups in total. The van der Waals surface area contributed by atoms with Gasteiger partial charge in [0.2, 0.25) is 0 Å². The van der Waals surface area contributed by atoms with Gasteiger partial charge in [-0.1, -0.05) is 6.07 Å². The highest BCUT2D eigenvalue weighted by atomic mass is 16.5. The Balaban J connectivity index is 1.86. The second-order valence-corrected chi connectivity index (χ2v) is 7.34. The Morgan fingerprint density at radius 3 is 2.75 bits per heavy atom. The van der Waals surface area contributed by atoms with Crippen molar-refractivity contribution in [1.82, 2.24) is 10.4 Å². The number of hydrogen-bond donors (Lipinski definition) is 2. The summed E-state index contributed by atoms with van der Waals surface area (Å²) < 4.78 is 16.0. The lowest BCUT2D eigenvalue weighted by Crippen LogP contribution is -2.48. The molecule has 1 aromatic heterocycles. The maximum absolute atomic E-state index is 13.1. The summed E-state index contributed by atoms with van der Waals surface area (Å²) in [6, 6.07) is 10.4. The summed E-state index contributed by atoms with van der Waals surface area (Å²) in [5.74, 6) is -0.197. The summed E-state index contributed by atoms with van der Waals surface area (Å²) in [5, 5.41) is 11.4. The fourth-order valence-corrected chi connectivity index (χ4v) is 4.15. The van der Waals surface area contributed by atoms with E-state index in [1.165, 1.54) is 24.4 Å². The summed E-state index contributed by atoms with van der Waals surface area (Å²) in [4.78, 5) is 25.8. The molecular weight excluding hydrogens is 412 g/mol. The third-order valence-electron chi connectivity index (χ3n) is 5.62. The summed E-state index contributed by atoms with van der Waals surface area (Å²) in [5.41, 5.74) is 10.8. The number of amides is 1. The van der Waals surface area contributed by atoms with Gasteiger partial charge in [-0.2, -0.15) is 5.26 Å². The van der Waals surface area contributed by atoms with Crippen LogP contribution in [-0.4, -0.2) is 30.9 Å². The molecule has 2 aliphatic rings. The van der Waals surface area contributed by atoms with Crippen LogP contribution in [-0.2, 0) is 4.79 Å². The minimum Gasteiger partial charge on any atom is -0.497 e. The SMILES string of the molecule is COc1ccc(C2C(C#N)=C(N)N(NC(=O)c3ccco3)C3=C2C(=O)CCC3)c(OC)c1. The van der Waals surface area contributed by atoms with E-state index in [9.17, 15) is 14.9 Å². The van der Waals surface area contributed by atoms with E-state index in [0.717, 1.165) is 0 Å². The quantitative estimate of drug-likeness (QED) is 0.734. The number of rotatable bonds is 5. The molecular formula is C23H22N4O5. The monoisotopic (exact) mass is 434 g/mol. The average Bonchev–Trinajstić information content (AvgIpc) is 3.35. The minimum absolute atomic E-state index is 0.0451. The Bertz CT molecular complexity index is 1170. The molecule has 0 radical (unpaired) electrons. The topological polar surface area (TPSA) is 131 Å². The number of nitriles is 1. The smallest absolute Gasteiger partial charge is 0.305 e. The van der Waals surface area contributed by atoms with Gasteiger partial charge >= 0.3 is 5.91 Å². The van der Waals surface area contributed by atoms with E-state index >= 15 is 0 Å². The Labute approximate surface area is 184 Å². The molecule has 1 atom stereocenters. The van der Waals surface area contributed by atoms with Crippen molar-refractivity contribution >= 4 is 11.7 Å². The van der Waals surface area contributed by atoms with E-state index in [4.69, 9.17) is 19.6 Å². The molecule has 0 saturated heterocycles. The highest BCUT2D eigenvalue weighted by Crippen LogP contribution is 2.47. The zero-order valence-electron chi connectivity index (χ0n) is 17.7. The molecule has 1 unspecified atom stereocenters. The van der Waals surface area contributed by atoms with Crippen LogP contribution in [0.5, 0.6) is 11.5 Å². The first-order chi connectivity index (χ1) is 15.5. The van der Waals surface area contributed by atoms with Crippen LogP contribution in [0.15, 0.2) is 63.7 Å². The Hall–Kier alpha value is -4.19. The molecule has 0 saturated carbocycles. The molecule has 1 aliphatic carbocycles. The summed E-state index contributed by atoms with van der Waals surface area (Å²) in [7, 11) is 3.05. The standard InChI is InChI=1S/C23H22N4O5/c1-30-13-8-9-14(19(11-13)31-2)20-15(12-24)22(25)27(16-5-3-6-17(28)21(16)20)26-23(29)18-7-4-10-32-18/h4,7-11,20H,3,5-6,25H2,1-2H3,(H,26,29). The number of hydrazine groups is 1. The van der Waals surface area contributed by atoms with Crippen molar-refractivity contribution in [3.05, 3.63) is 70.6 Å². The molecule has 4 rings (SSSR count). The third kappa shape index (κ3) is 3.46. The van der Waals surface area contributed by atoms with Gasteiger partial charge in [-0.25, -0.2) is 5.01 Å². The van der Waals surface area contributed by atoms with Crippen molar-refractivity contribution in [2.75, 3.05) is 14.2 Å². The number of methoxy groups -OCH3 is 2. The molecule has 0 spiro atoms. The van der Waals surface area contributed by atoms with Crippen molar-refractivity contribution in [1.29, 1.82) is 5.26 Å². The number of carbonyl (C=O) groups is 2. The van der Waals surface area contributed by atoms with Gasteiger partial charge in [0.15, 0.2) is 11.5 Å². The predicted molar refractivity (Wildman–Crippen MR) is 113 cm³/mol. The van der Waals surface area contributed by atoms with Gasteiger partial charge in [-0.15, -0.1) is 0 Å². The Morgan fingerprint density at radius 2 is 2.09 bits per heavy atom. The number of allylic oxidation sites excluding steroid dienone is 3. The Morgan fingerprint density at radius 1 is 1.28 bits per heavy atom. The van der Waals surface area contributed by atoms with Crippen LogP contribution in [0.1, 0.15) is 41.3 Å². The van der Waals surface area contributed by atoms with Crippen molar-refractivity contribution in [3.63, 3.8) is 0 Å². The summed E-state index contributed by atoms with van der Waals surface area (Å²) >= 11 is 0. The first kappa shape index (κ1) is 21.1. The van der Waals surface area contributed by atoms with E-state index in [1.807, 2.05) is 0 Å². The number of ketones is 1. The van der Waals surface area contributed by atoms with Crippen LogP contribution in [0.25, 0.3) is 0 Å². The first-order valence-electron chi connectivity index (χ1n) is 10.0. The van der Waals surface area contributed by atoms with Crippen molar-refractivity contribution in [2.45, 2.75) is 25.2 Å². The minimum atomic E-state index is -0.722. The second-order valence-electron chi connectivity index (χ2n) is 7.34. The highest BCUT2D eigenvalue weighted by Gasteiger charge is 2.41. The molecule has 1 aromatic carbocycles. The van der Waals surface area contributed by atoms with Crippen LogP contribution in [0.3, 0.4) is 0 Å². The van der Waals surface area contributed by atoms with Gasteiger partial charge in [0.1, 0.15) is 17.3 Å². The van der Waals surface area contributed by atoms with Gasteiger partial charge in [0.05, 0.1) is 38.0 Å². The number of nitrogens with one attached hydrogen (secondary N) is 1. The molecule has 0 fully saturated rings. The predicted octanol–water partition coefficient (Wildman–Crippen LogP) is 2.74.